The van der Waals surface area contributed by atoms with Gasteiger partial charge in [-0.3, -0.25) is 4.79 Å². The Hall–Kier alpha value is -3.85. The number of nitrogens with one attached hydrogen (secondary N) is 1. The number of tetrazole rings is 1. The molecule has 0 unspecified atom stereocenters. The predicted octanol–water partition coefficient (Wildman–Crippen LogP) is 3.17. The molecule has 0 aliphatic heterocycles. The Morgan fingerprint density at radius 2 is 1.97 bits per heavy atom. The van der Waals surface area contributed by atoms with Crippen molar-refractivity contribution >= 4 is 16.8 Å². The van der Waals surface area contributed by atoms with E-state index >= 15 is 0 Å². The zero-order valence-corrected chi connectivity index (χ0v) is 20.1. The van der Waals surface area contributed by atoms with Crippen molar-refractivity contribution in [3.63, 3.8) is 0 Å². The highest BCUT2D eigenvalue weighted by atomic mass is 16.5. The van der Waals surface area contributed by atoms with Gasteiger partial charge in [-0.15, -0.1) is 10.2 Å². The van der Waals surface area contributed by atoms with Crippen LogP contribution >= 0.6 is 0 Å². The molecule has 2 heterocycles. The summed E-state index contributed by atoms with van der Waals surface area (Å²) >= 11 is 0. The van der Waals surface area contributed by atoms with Crippen LogP contribution in [0.4, 0.5) is 0 Å². The smallest absolute Gasteiger partial charge is 0.252 e. The molecule has 4 rings (SSSR count). The Morgan fingerprint density at radius 1 is 1.18 bits per heavy atom. The van der Waals surface area contributed by atoms with Crippen molar-refractivity contribution in [2.24, 2.45) is 7.05 Å². The number of carbonyl (C=O) groups is 1. The number of ether oxygens (including phenoxy) is 1. The first-order valence-corrected chi connectivity index (χ1v) is 11.1. The summed E-state index contributed by atoms with van der Waals surface area (Å²) in [7, 11) is 5.70. The van der Waals surface area contributed by atoms with E-state index in [1.807, 2.05) is 75.3 Å². The number of fused-ring (bicyclic) bond motifs is 1. The van der Waals surface area contributed by atoms with E-state index < -0.39 is 0 Å². The first-order chi connectivity index (χ1) is 16.3. The van der Waals surface area contributed by atoms with E-state index in [1.165, 1.54) is 4.80 Å². The molecule has 0 aliphatic carbocycles. The monoisotopic (exact) mass is 459 g/mol. The van der Waals surface area contributed by atoms with Crippen molar-refractivity contribution in [3.05, 3.63) is 65.2 Å². The van der Waals surface area contributed by atoms with Gasteiger partial charge in [0.05, 0.1) is 18.6 Å². The van der Waals surface area contributed by atoms with Crippen LogP contribution in [0.15, 0.2) is 48.5 Å². The highest BCUT2D eigenvalue weighted by Gasteiger charge is 2.19. The van der Waals surface area contributed by atoms with Gasteiger partial charge in [-0.05, 0) is 68.5 Å². The number of pyridine rings is 1. The van der Waals surface area contributed by atoms with Gasteiger partial charge in [-0.1, -0.05) is 24.3 Å². The van der Waals surface area contributed by atoms with E-state index in [9.17, 15) is 4.79 Å². The Bertz CT molecular complexity index is 1320. The summed E-state index contributed by atoms with van der Waals surface area (Å²) in [5.41, 5.74) is 3.81. The number of aromatic nitrogens is 5. The highest BCUT2D eigenvalue weighted by molar-refractivity contribution is 5.96. The molecule has 0 fully saturated rings. The number of aryl methyl sites for hydroxylation is 2. The Balaban J connectivity index is 1.61. The molecule has 9 nitrogen and oxygen atoms in total. The highest BCUT2D eigenvalue weighted by Crippen LogP contribution is 2.28. The number of hydrogen-bond donors (Lipinski definition) is 1. The standard InChI is InChI=1S/C25H29N7O2/c1-16-10-11-18(34-13-12-31(3)4)14-20(16)25(33)26-17(2)21-15-23(24-28-30-32(5)29-24)27-22-9-7-6-8-19(21)22/h6-11,14-15,17H,12-13H2,1-5H3,(H,26,33)/t17-/m1/s1. The van der Waals surface area contributed by atoms with Crippen molar-refractivity contribution in [1.29, 1.82) is 0 Å². The molecule has 176 valence electrons. The molecule has 0 bridgehead atoms. The molecule has 1 amide bonds. The van der Waals surface area contributed by atoms with Crippen LogP contribution < -0.4 is 10.1 Å². The molecule has 0 saturated heterocycles. The molecule has 4 aromatic rings. The SMILES string of the molecule is Cc1ccc(OCCN(C)C)cc1C(=O)N[C@H](C)c1cc(-c2nnn(C)n2)nc2ccccc12. The van der Waals surface area contributed by atoms with E-state index in [1.54, 1.807) is 13.1 Å². The zero-order valence-electron chi connectivity index (χ0n) is 20.1. The number of likely N-dealkylation sites (N-methyl/N-ethyl adjacent to an activating group) is 1. The van der Waals surface area contributed by atoms with Crippen LogP contribution in [0.3, 0.4) is 0 Å². The van der Waals surface area contributed by atoms with Crippen LogP contribution in [0, 0.1) is 6.92 Å². The van der Waals surface area contributed by atoms with E-state index in [4.69, 9.17) is 9.72 Å². The Labute approximate surface area is 198 Å². The molecule has 2 aromatic carbocycles. The lowest BCUT2D eigenvalue weighted by Crippen LogP contribution is -2.27. The van der Waals surface area contributed by atoms with Gasteiger partial charge in [-0.25, -0.2) is 4.98 Å². The first-order valence-electron chi connectivity index (χ1n) is 11.1. The van der Waals surface area contributed by atoms with E-state index in [0.29, 0.717) is 29.4 Å². The minimum absolute atomic E-state index is 0.164. The van der Waals surface area contributed by atoms with Crippen molar-refractivity contribution in [1.82, 2.24) is 35.4 Å². The van der Waals surface area contributed by atoms with Gasteiger partial charge >= 0.3 is 0 Å². The van der Waals surface area contributed by atoms with Crippen molar-refractivity contribution in [2.75, 3.05) is 27.2 Å². The van der Waals surface area contributed by atoms with Crippen molar-refractivity contribution in [3.8, 4) is 17.3 Å². The van der Waals surface area contributed by atoms with Crippen molar-refractivity contribution in [2.45, 2.75) is 19.9 Å². The molecule has 0 radical (unpaired) electrons. The van der Waals surface area contributed by atoms with E-state index in [2.05, 4.69) is 20.7 Å². The third-order valence-electron chi connectivity index (χ3n) is 5.56. The average molecular weight is 460 g/mol. The van der Waals surface area contributed by atoms with Gasteiger partial charge in [-0.2, -0.15) is 4.80 Å². The van der Waals surface area contributed by atoms with Gasteiger partial charge in [0.1, 0.15) is 18.1 Å². The minimum Gasteiger partial charge on any atom is -0.492 e. The molecule has 0 saturated carbocycles. The Morgan fingerprint density at radius 3 is 2.71 bits per heavy atom. The van der Waals surface area contributed by atoms with Crippen LogP contribution in [-0.4, -0.2) is 63.2 Å². The molecule has 0 spiro atoms. The maximum Gasteiger partial charge on any atom is 0.252 e. The summed E-state index contributed by atoms with van der Waals surface area (Å²) in [4.78, 5) is 21.4. The molecule has 34 heavy (non-hydrogen) atoms. The fraction of sp³-hybridized carbons (Fsp3) is 0.320. The maximum absolute atomic E-state index is 13.2. The largest absolute Gasteiger partial charge is 0.492 e. The summed E-state index contributed by atoms with van der Waals surface area (Å²) in [6.45, 7) is 5.23. The topological polar surface area (TPSA) is 98.1 Å². The van der Waals surface area contributed by atoms with Gasteiger partial charge in [0, 0.05) is 17.5 Å². The second-order valence-corrected chi connectivity index (χ2v) is 8.54. The van der Waals surface area contributed by atoms with Crippen LogP contribution in [-0.2, 0) is 7.05 Å². The van der Waals surface area contributed by atoms with Crippen LogP contribution in [0.5, 0.6) is 5.75 Å². The molecule has 9 heteroatoms. The maximum atomic E-state index is 13.2. The third-order valence-corrected chi connectivity index (χ3v) is 5.56. The summed E-state index contributed by atoms with van der Waals surface area (Å²) in [5.74, 6) is 0.949. The molecule has 0 aliphatic rings. The molecule has 1 atom stereocenters. The third kappa shape index (κ3) is 5.20. The van der Waals surface area contributed by atoms with Crippen molar-refractivity contribution < 1.29 is 9.53 Å². The molecular weight excluding hydrogens is 430 g/mol. The second kappa shape index (κ2) is 9.96. The van der Waals surface area contributed by atoms with Crippen LogP contribution in [0.2, 0.25) is 0 Å². The number of hydrogen-bond acceptors (Lipinski definition) is 7. The quantitative estimate of drug-likeness (QED) is 0.432. The minimum atomic E-state index is -0.284. The molecular formula is C25H29N7O2. The van der Waals surface area contributed by atoms with Gasteiger partial charge in [0.2, 0.25) is 5.82 Å². The van der Waals surface area contributed by atoms with Gasteiger partial charge < -0.3 is 15.0 Å². The van der Waals surface area contributed by atoms with E-state index in [0.717, 1.165) is 28.6 Å². The lowest BCUT2D eigenvalue weighted by atomic mass is 10.0. The van der Waals surface area contributed by atoms with Crippen LogP contribution in [0.25, 0.3) is 22.4 Å². The van der Waals surface area contributed by atoms with Crippen LogP contribution in [0.1, 0.15) is 34.5 Å². The number of rotatable bonds is 8. The lowest BCUT2D eigenvalue weighted by Gasteiger charge is -2.18. The fourth-order valence-electron chi connectivity index (χ4n) is 3.70. The lowest BCUT2D eigenvalue weighted by molar-refractivity contribution is 0.0939. The van der Waals surface area contributed by atoms with Gasteiger partial charge in [0.25, 0.3) is 5.91 Å². The van der Waals surface area contributed by atoms with Gasteiger partial charge in [0.15, 0.2) is 0 Å². The Kier molecular flexibility index (Phi) is 6.83. The fourth-order valence-corrected chi connectivity index (χ4v) is 3.70. The summed E-state index contributed by atoms with van der Waals surface area (Å²) in [5, 5.41) is 16.4. The number of nitrogens with zero attached hydrogens (tertiary/aromatic N) is 6. The normalized spacial score (nSPS) is 12.2. The number of carbonyl (C=O) groups excluding carboxylic acids is 1. The second-order valence-electron chi connectivity index (χ2n) is 8.54. The number of benzene rings is 2. The number of amides is 1. The average Bonchev–Trinajstić information content (AvgIpc) is 3.25. The van der Waals surface area contributed by atoms with E-state index in [-0.39, 0.29) is 11.9 Å². The number of para-hydroxylation sites is 1. The summed E-state index contributed by atoms with van der Waals surface area (Å²) in [6, 6.07) is 15.1. The zero-order chi connectivity index (χ0) is 24.2. The summed E-state index contributed by atoms with van der Waals surface area (Å²) in [6.07, 6.45) is 0. The predicted molar refractivity (Wildman–Crippen MR) is 131 cm³/mol. The molecule has 2 aromatic heterocycles. The molecule has 1 N–H and O–H groups in total. The summed E-state index contributed by atoms with van der Waals surface area (Å²) < 4.78 is 5.82. The first kappa shape index (κ1) is 23.3.